The molecular weight excluding hydrogens is 432 g/mol. The van der Waals surface area contributed by atoms with Crippen LogP contribution in [0.3, 0.4) is 0 Å². The van der Waals surface area contributed by atoms with Gasteiger partial charge in [0, 0.05) is 0 Å². The fourth-order valence-corrected chi connectivity index (χ4v) is 3.24. The number of benzene rings is 1. The van der Waals surface area contributed by atoms with E-state index in [9.17, 15) is 29.4 Å². The summed E-state index contributed by atoms with van der Waals surface area (Å²) in [7, 11) is 0. The smallest absolute Gasteiger partial charge is 0.344 e. The third-order valence-electron chi connectivity index (χ3n) is 4.82. The summed E-state index contributed by atoms with van der Waals surface area (Å²) in [4.78, 5) is 52.2. The van der Waals surface area contributed by atoms with Crippen LogP contribution >= 0.6 is 0 Å². The first kappa shape index (κ1) is 28.0. The lowest BCUT2D eigenvalue weighted by Gasteiger charge is -2.39. The van der Waals surface area contributed by atoms with Crippen LogP contribution in [0, 0.1) is 0 Å². The molecule has 184 valence electrons. The number of hydrogen-bond acceptors (Lipinski definition) is 9. The number of ether oxygens (including phenoxy) is 1. The molecule has 11 heteroatoms. The molecule has 2 atom stereocenters. The second-order valence-electron chi connectivity index (χ2n) is 8.66. The highest BCUT2D eigenvalue weighted by Crippen LogP contribution is 2.29. The van der Waals surface area contributed by atoms with Gasteiger partial charge in [0.2, 0.25) is 17.4 Å². The number of phenols is 1. The lowest BCUT2D eigenvalue weighted by atomic mass is 9.88. The summed E-state index contributed by atoms with van der Waals surface area (Å²) in [6.07, 6.45) is -0.0365. The Morgan fingerprint density at radius 3 is 2.09 bits per heavy atom. The number of carboxylic acids is 1. The van der Waals surface area contributed by atoms with Crippen molar-refractivity contribution in [1.82, 2.24) is 4.90 Å². The molecule has 2 unspecified atom stereocenters. The van der Waals surface area contributed by atoms with E-state index in [0.29, 0.717) is 16.9 Å². The topological polar surface area (TPSA) is 199 Å². The second kappa shape index (κ2) is 11.7. The van der Waals surface area contributed by atoms with Gasteiger partial charge in [-0.15, -0.1) is 0 Å². The lowest BCUT2D eigenvalue weighted by molar-refractivity contribution is -0.187. The first-order valence-corrected chi connectivity index (χ1v) is 10.6. The zero-order valence-corrected chi connectivity index (χ0v) is 19.2. The van der Waals surface area contributed by atoms with Gasteiger partial charge in [0.1, 0.15) is 11.4 Å². The van der Waals surface area contributed by atoms with E-state index in [2.05, 4.69) is 0 Å². The molecule has 0 heterocycles. The Kier molecular flexibility index (Phi) is 9.96. The zero-order chi connectivity index (χ0) is 25.4. The van der Waals surface area contributed by atoms with E-state index in [-0.39, 0.29) is 25.1 Å². The number of nitrogens with two attached hydrogens (primary N) is 3. The number of carbonyl (C=O) groups excluding carboxylic acids is 3. The fourth-order valence-electron chi connectivity index (χ4n) is 3.24. The van der Waals surface area contributed by atoms with Gasteiger partial charge in [0.15, 0.2) is 0 Å². The van der Waals surface area contributed by atoms with Crippen molar-refractivity contribution in [2.45, 2.75) is 63.6 Å². The Morgan fingerprint density at radius 1 is 1.06 bits per heavy atom. The number of rotatable bonds is 11. The minimum Gasteiger partial charge on any atom is -0.508 e. The molecule has 0 bridgehead atoms. The van der Waals surface area contributed by atoms with Crippen molar-refractivity contribution >= 4 is 23.8 Å². The lowest BCUT2D eigenvalue weighted by Crippen LogP contribution is -2.68. The number of amides is 2. The molecule has 2 amide bonds. The molecule has 1 aromatic rings. The Labute approximate surface area is 192 Å². The Hall–Kier alpha value is -3.02. The SMILES string of the molecule is CC(C)(C)OC(=O)C(CCCCN)(C(=O)O)N(C(=O)CN)C(=O)C(N)Cc1ccc(O)cc1. The van der Waals surface area contributed by atoms with Crippen LogP contribution < -0.4 is 17.2 Å². The van der Waals surface area contributed by atoms with Gasteiger partial charge in [-0.25, -0.2) is 9.59 Å². The monoisotopic (exact) mass is 466 g/mol. The molecule has 0 saturated heterocycles. The molecule has 1 aromatic carbocycles. The zero-order valence-electron chi connectivity index (χ0n) is 19.2. The molecule has 11 nitrogen and oxygen atoms in total. The summed E-state index contributed by atoms with van der Waals surface area (Å²) in [5.74, 6) is -5.16. The standard InChI is InChI=1S/C22H34N4O7/c1-21(2,3)33-20(32)22(19(30)31,10-4-5-11-23)26(17(28)13-24)18(29)16(25)12-14-6-8-15(27)9-7-14/h6-9,16,27H,4-5,10-13,23-25H2,1-3H3,(H,30,31). The van der Waals surface area contributed by atoms with Gasteiger partial charge in [0.05, 0.1) is 12.6 Å². The van der Waals surface area contributed by atoms with Crippen molar-refractivity contribution in [1.29, 1.82) is 0 Å². The molecule has 0 fully saturated rings. The van der Waals surface area contributed by atoms with Crippen molar-refractivity contribution in [3.8, 4) is 5.75 Å². The summed E-state index contributed by atoms with van der Waals surface area (Å²) < 4.78 is 5.33. The maximum atomic E-state index is 13.3. The summed E-state index contributed by atoms with van der Waals surface area (Å²) in [6, 6.07) is 4.46. The molecule has 1 rings (SSSR count). The van der Waals surface area contributed by atoms with E-state index in [4.69, 9.17) is 21.9 Å². The van der Waals surface area contributed by atoms with Crippen LogP contribution in [0.25, 0.3) is 0 Å². The predicted octanol–water partition coefficient (Wildman–Crippen LogP) is -0.130. The maximum absolute atomic E-state index is 13.3. The summed E-state index contributed by atoms with van der Waals surface area (Å²) in [6.45, 7) is 4.08. The van der Waals surface area contributed by atoms with E-state index >= 15 is 0 Å². The largest absolute Gasteiger partial charge is 0.508 e. The number of esters is 1. The molecule has 0 spiro atoms. The number of hydrogen-bond donors (Lipinski definition) is 5. The van der Waals surface area contributed by atoms with Crippen molar-refractivity contribution in [3.05, 3.63) is 29.8 Å². The molecule has 0 aliphatic rings. The molecule has 8 N–H and O–H groups in total. The Balaban J connectivity index is 3.52. The van der Waals surface area contributed by atoms with Gasteiger partial charge in [-0.05, 0) is 70.7 Å². The molecule has 0 aliphatic heterocycles. The van der Waals surface area contributed by atoms with Gasteiger partial charge in [-0.1, -0.05) is 12.1 Å². The Morgan fingerprint density at radius 2 is 1.64 bits per heavy atom. The van der Waals surface area contributed by atoms with Crippen LogP contribution in [0.15, 0.2) is 24.3 Å². The number of carbonyl (C=O) groups is 4. The molecule has 0 radical (unpaired) electrons. The molecule has 0 aliphatic carbocycles. The number of imide groups is 1. The average molecular weight is 467 g/mol. The van der Waals surface area contributed by atoms with E-state index in [1.54, 1.807) is 0 Å². The fraction of sp³-hybridized carbons (Fsp3) is 0.545. The summed E-state index contributed by atoms with van der Waals surface area (Å²) >= 11 is 0. The van der Waals surface area contributed by atoms with Gasteiger partial charge in [-0.3, -0.25) is 14.5 Å². The van der Waals surface area contributed by atoms with Crippen molar-refractivity contribution in [2.24, 2.45) is 17.2 Å². The highest BCUT2D eigenvalue weighted by Gasteiger charge is 2.58. The first-order chi connectivity index (χ1) is 15.3. The number of phenolic OH excluding ortho intramolecular Hbond substituents is 1. The molecule has 33 heavy (non-hydrogen) atoms. The van der Waals surface area contributed by atoms with Crippen LogP contribution in [-0.2, 0) is 30.3 Å². The summed E-state index contributed by atoms with van der Waals surface area (Å²) in [5, 5.41) is 19.6. The predicted molar refractivity (Wildman–Crippen MR) is 120 cm³/mol. The van der Waals surface area contributed by atoms with E-state index in [1.807, 2.05) is 0 Å². The van der Waals surface area contributed by atoms with Gasteiger partial charge in [-0.2, -0.15) is 0 Å². The van der Waals surface area contributed by atoms with Gasteiger partial charge in [0.25, 0.3) is 0 Å². The minimum atomic E-state index is -2.66. The first-order valence-electron chi connectivity index (χ1n) is 10.6. The summed E-state index contributed by atoms with van der Waals surface area (Å²) in [5.41, 5.74) is 13.8. The normalized spacial score (nSPS) is 14.1. The Bertz CT molecular complexity index is 851. The van der Waals surface area contributed by atoms with Crippen LogP contribution in [0.4, 0.5) is 0 Å². The quantitative estimate of drug-likeness (QED) is 0.166. The number of unbranched alkanes of at least 4 members (excludes halogenated alkanes) is 1. The third-order valence-corrected chi connectivity index (χ3v) is 4.82. The minimum absolute atomic E-state index is 0.00769. The number of nitrogens with zero attached hydrogens (tertiary/aromatic N) is 1. The third kappa shape index (κ3) is 7.24. The maximum Gasteiger partial charge on any atom is 0.344 e. The van der Waals surface area contributed by atoms with E-state index < -0.39 is 53.9 Å². The van der Waals surface area contributed by atoms with Gasteiger partial charge < -0.3 is 32.2 Å². The average Bonchev–Trinajstić information content (AvgIpc) is 2.72. The molecule has 0 saturated carbocycles. The molecular formula is C22H34N4O7. The highest BCUT2D eigenvalue weighted by molar-refractivity contribution is 6.13. The second-order valence-corrected chi connectivity index (χ2v) is 8.66. The van der Waals surface area contributed by atoms with Gasteiger partial charge >= 0.3 is 11.9 Å². The van der Waals surface area contributed by atoms with Crippen molar-refractivity contribution in [3.63, 3.8) is 0 Å². The molecule has 0 aromatic heterocycles. The van der Waals surface area contributed by atoms with E-state index in [1.165, 1.54) is 45.0 Å². The van der Waals surface area contributed by atoms with Crippen LogP contribution in [0.2, 0.25) is 0 Å². The van der Waals surface area contributed by atoms with Crippen LogP contribution in [0.5, 0.6) is 5.75 Å². The van der Waals surface area contributed by atoms with E-state index in [0.717, 1.165) is 0 Å². The number of aliphatic carboxylic acids is 1. The van der Waals surface area contributed by atoms with Crippen molar-refractivity contribution < 1.29 is 34.1 Å². The number of aromatic hydroxyl groups is 1. The highest BCUT2D eigenvalue weighted by atomic mass is 16.6. The number of carboxylic acid groups (broad SMARTS) is 1. The van der Waals surface area contributed by atoms with Crippen LogP contribution in [0.1, 0.15) is 45.6 Å². The van der Waals surface area contributed by atoms with Crippen LogP contribution in [-0.4, -0.2) is 69.1 Å². The van der Waals surface area contributed by atoms with Crippen molar-refractivity contribution in [2.75, 3.05) is 13.1 Å².